The van der Waals surface area contributed by atoms with Gasteiger partial charge in [-0.3, -0.25) is 4.90 Å². The SMILES string of the molecule is CCNc1nccc(N2CCN(CC3CCS(=O)(=O)CC3)CC2)n1. The molecule has 1 aromatic heterocycles. The van der Waals surface area contributed by atoms with Gasteiger partial charge < -0.3 is 10.2 Å². The molecule has 0 aliphatic carbocycles. The standard InChI is InChI=1S/C16H27N5O2S/c1-2-17-16-18-6-3-15(19-16)21-9-7-20(8-10-21)13-14-4-11-24(22,23)12-5-14/h3,6,14H,2,4-5,7-13H2,1H3,(H,17,18,19). The second-order valence-electron chi connectivity index (χ2n) is 6.65. The summed E-state index contributed by atoms with van der Waals surface area (Å²) < 4.78 is 23.0. The number of nitrogens with one attached hydrogen (secondary N) is 1. The highest BCUT2D eigenvalue weighted by atomic mass is 32.2. The fourth-order valence-corrected chi connectivity index (χ4v) is 5.00. The Hall–Kier alpha value is -1.41. The molecule has 0 radical (unpaired) electrons. The van der Waals surface area contributed by atoms with E-state index in [4.69, 9.17) is 0 Å². The van der Waals surface area contributed by atoms with Gasteiger partial charge in [0.2, 0.25) is 5.95 Å². The summed E-state index contributed by atoms with van der Waals surface area (Å²) in [5.74, 6) is 2.92. The van der Waals surface area contributed by atoms with Crippen molar-refractivity contribution in [2.24, 2.45) is 5.92 Å². The maximum atomic E-state index is 11.5. The first-order chi connectivity index (χ1) is 11.6. The average molecular weight is 353 g/mol. The van der Waals surface area contributed by atoms with Crippen molar-refractivity contribution in [3.63, 3.8) is 0 Å². The topological polar surface area (TPSA) is 78.4 Å². The van der Waals surface area contributed by atoms with E-state index in [1.807, 2.05) is 13.0 Å². The van der Waals surface area contributed by atoms with Gasteiger partial charge in [0.25, 0.3) is 0 Å². The summed E-state index contributed by atoms with van der Waals surface area (Å²) in [6.07, 6.45) is 3.44. The van der Waals surface area contributed by atoms with Crippen molar-refractivity contribution < 1.29 is 8.42 Å². The van der Waals surface area contributed by atoms with Crippen LogP contribution in [0.4, 0.5) is 11.8 Å². The first-order valence-electron chi connectivity index (χ1n) is 8.80. The number of rotatable bonds is 5. The summed E-state index contributed by atoms with van der Waals surface area (Å²) in [5, 5.41) is 3.15. The number of nitrogens with zero attached hydrogens (tertiary/aromatic N) is 4. The Morgan fingerprint density at radius 1 is 1.21 bits per heavy atom. The van der Waals surface area contributed by atoms with E-state index in [1.165, 1.54) is 0 Å². The van der Waals surface area contributed by atoms with Crippen molar-refractivity contribution in [2.75, 3.05) is 61.0 Å². The van der Waals surface area contributed by atoms with Gasteiger partial charge in [0.05, 0.1) is 11.5 Å². The van der Waals surface area contributed by atoms with Crippen LogP contribution in [0.25, 0.3) is 0 Å². The fourth-order valence-electron chi connectivity index (χ4n) is 3.41. The fraction of sp³-hybridized carbons (Fsp3) is 0.750. The van der Waals surface area contributed by atoms with Crippen LogP contribution in [0.3, 0.4) is 0 Å². The molecule has 0 bridgehead atoms. The van der Waals surface area contributed by atoms with Crippen molar-refractivity contribution in [3.8, 4) is 0 Å². The lowest BCUT2D eigenvalue weighted by Gasteiger charge is -2.37. The number of sulfone groups is 1. The lowest BCUT2D eigenvalue weighted by molar-refractivity contribution is 0.211. The van der Waals surface area contributed by atoms with E-state index in [0.717, 1.165) is 57.9 Å². The molecule has 0 saturated carbocycles. The number of anilines is 2. The van der Waals surface area contributed by atoms with E-state index >= 15 is 0 Å². The van der Waals surface area contributed by atoms with Gasteiger partial charge >= 0.3 is 0 Å². The molecule has 1 aromatic rings. The minimum Gasteiger partial charge on any atom is -0.354 e. The first-order valence-corrected chi connectivity index (χ1v) is 10.6. The molecule has 2 aliphatic rings. The van der Waals surface area contributed by atoms with Crippen molar-refractivity contribution in [1.82, 2.24) is 14.9 Å². The van der Waals surface area contributed by atoms with Gasteiger partial charge in [-0.25, -0.2) is 13.4 Å². The molecule has 24 heavy (non-hydrogen) atoms. The third kappa shape index (κ3) is 4.57. The zero-order valence-electron chi connectivity index (χ0n) is 14.3. The molecule has 2 fully saturated rings. The van der Waals surface area contributed by atoms with Crippen molar-refractivity contribution in [1.29, 1.82) is 0 Å². The molecule has 2 aliphatic heterocycles. The van der Waals surface area contributed by atoms with E-state index in [-0.39, 0.29) is 0 Å². The molecule has 8 heteroatoms. The van der Waals surface area contributed by atoms with Crippen LogP contribution in [0.1, 0.15) is 19.8 Å². The quantitative estimate of drug-likeness (QED) is 0.841. The molecule has 1 N–H and O–H groups in total. The van der Waals surface area contributed by atoms with Crippen molar-refractivity contribution in [3.05, 3.63) is 12.3 Å². The van der Waals surface area contributed by atoms with Crippen LogP contribution in [0.15, 0.2) is 12.3 Å². The van der Waals surface area contributed by atoms with Crippen LogP contribution in [0, 0.1) is 5.92 Å². The van der Waals surface area contributed by atoms with Crippen molar-refractivity contribution >= 4 is 21.6 Å². The smallest absolute Gasteiger partial charge is 0.224 e. The molecule has 3 heterocycles. The average Bonchev–Trinajstić information content (AvgIpc) is 2.58. The highest BCUT2D eigenvalue weighted by molar-refractivity contribution is 7.91. The van der Waals surface area contributed by atoms with Crippen LogP contribution in [-0.2, 0) is 9.84 Å². The van der Waals surface area contributed by atoms with E-state index in [1.54, 1.807) is 6.20 Å². The Morgan fingerprint density at radius 3 is 2.58 bits per heavy atom. The molecule has 0 spiro atoms. The van der Waals surface area contributed by atoms with Gasteiger partial charge in [0.15, 0.2) is 0 Å². The third-order valence-electron chi connectivity index (χ3n) is 4.86. The minimum atomic E-state index is -2.76. The van der Waals surface area contributed by atoms with Crippen LogP contribution in [-0.4, -0.2) is 74.1 Å². The van der Waals surface area contributed by atoms with Gasteiger partial charge in [-0.2, -0.15) is 4.98 Å². The molecular formula is C16H27N5O2S. The summed E-state index contributed by atoms with van der Waals surface area (Å²) in [6.45, 7) is 7.78. The summed E-state index contributed by atoms with van der Waals surface area (Å²) in [4.78, 5) is 13.5. The van der Waals surface area contributed by atoms with Gasteiger partial charge in [-0.15, -0.1) is 0 Å². The Morgan fingerprint density at radius 2 is 1.92 bits per heavy atom. The normalized spacial score (nSPS) is 22.5. The number of piperazine rings is 1. The lowest BCUT2D eigenvalue weighted by atomic mass is 10.0. The molecule has 0 atom stereocenters. The third-order valence-corrected chi connectivity index (χ3v) is 6.58. The van der Waals surface area contributed by atoms with Crippen molar-refractivity contribution in [2.45, 2.75) is 19.8 Å². The van der Waals surface area contributed by atoms with Crippen LogP contribution in [0.2, 0.25) is 0 Å². The Labute approximate surface area is 144 Å². The van der Waals surface area contributed by atoms with Gasteiger partial charge in [-0.1, -0.05) is 0 Å². The summed E-state index contributed by atoms with van der Waals surface area (Å²) in [5.41, 5.74) is 0. The largest absolute Gasteiger partial charge is 0.354 e. The zero-order chi connectivity index (χ0) is 17.0. The molecular weight excluding hydrogens is 326 g/mol. The molecule has 0 aromatic carbocycles. The Bertz CT molecular complexity index is 630. The Kier molecular flexibility index (Phi) is 5.55. The van der Waals surface area contributed by atoms with Crippen LogP contribution in [0.5, 0.6) is 0 Å². The number of hydrogen-bond donors (Lipinski definition) is 1. The number of aromatic nitrogens is 2. The summed E-state index contributed by atoms with van der Waals surface area (Å²) >= 11 is 0. The van der Waals surface area contributed by atoms with Gasteiger partial charge in [0, 0.05) is 45.5 Å². The second kappa shape index (κ2) is 7.65. The first kappa shape index (κ1) is 17.4. The summed E-state index contributed by atoms with van der Waals surface area (Å²) in [7, 11) is -2.76. The van der Waals surface area contributed by atoms with E-state index in [0.29, 0.717) is 23.4 Å². The molecule has 2 saturated heterocycles. The van der Waals surface area contributed by atoms with Gasteiger partial charge in [0.1, 0.15) is 15.7 Å². The maximum Gasteiger partial charge on any atom is 0.224 e. The maximum absolute atomic E-state index is 11.5. The minimum absolute atomic E-state index is 0.367. The predicted molar refractivity (Wildman–Crippen MR) is 96.2 cm³/mol. The molecule has 0 amide bonds. The molecule has 0 unspecified atom stereocenters. The predicted octanol–water partition coefficient (Wildman–Crippen LogP) is 0.855. The lowest BCUT2D eigenvalue weighted by Crippen LogP contribution is -2.48. The van der Waals surface area contributed by atoms with Gasteiger partial charge in [-0.05, 0) is 31.7 Å². The van der Waals surface area contributed by atoms with Crippen LogP contribution >= 0.6 is 0 Å². The number of hydrogen-bond acceptors (Lipinski definition) is 7. The summed E-state index contributed by atoms with van der Waals surface area (Å²) in [6, 6.07) is 1.96. The van der Waals surface area contributed by atoms with Crippen LogP contribution < -0.4 is 10.2 Å². The zero-order valence-corrected chi connectivity index (χ0v) is 15.1. The van der Waals surface area contributed by atoms with E-state index in [2.05, 4.69) is 25.1 Å². The molecule has 7 nitrogen and oxygen atoms in total. The second-order valence-corrected chi connectivity index (χ2v) is 8.96. The monoisotopic (exact) mass is 353 g/mol. The Balaban J connectivity index is 1.48. The molecule has 134 valence electrons. The molecule has 3 rings (SSSR count). The van der Waals surface area contributed by atoms with E-state index in [9.17, 15) is 8.42 Å². The van der Waals surface area contributed by atoms with E-state index < -0.39 is 9.84 Å². The highest BCUT2D eigenvalue weighted by Gasteiger charge is 2.26. The highest BCUT2D eigenvalue weighted by Crippen LogP contribution is 2.21.